The summed E-state index contributed by atoms with van der Waals surface area (Å²) in [7, 11) is -4.20. The first-order valence-electron chi connectivity index (χ1n) is 5.49. The van der Waals surface area contributed by atoms with E-state index in [0.717, 1.165) is 18.4 Å². The SMILES string of the molecule is CCCc1cccc(NC(=O)NCS(=O)(=O)O)c1. The van der Waals surface area contributed by atoms with Crippen molar-refractivity contribution in [3.05, 3.63) is 29.8 Å². The number of amides is 2. The molecule has 0 bridgehead atoms. The first-order valence-corrected chi connectivity index (χ1v) is 7.10. The minimum Gasteiger partial charge on any atom is -0.321 e. The number of carbonyl (C=O) groups excluding carboxylic acids is 1. The lowest BCUT2D eigenvalue weighted by Crippen LogP contribution is -2.33. The second kappa shape index (κ2) is 6.36. The monoisotopic (exact) mass is 272 g/mol. The normalized spacial score (nSPS) is 11.0. The molecule has 1 aromatic rings. The van der Waals surface area contributed by atoms with Gasteiger partial charge in [0.05, 0.1) is 0 Å². The zero-order chi connectivity index (χ0) is 13.6. The quantitative estimate of drug-likeness (QED) is 0.709. The predicted octanol–water partition coefficient (Wildman–Crippen LogP) is 1.61. The Balaban J connectivity index is 2.56. The number of benzene rings is 1. The van der Waals surface area contributed by atoms with E-state index in [1.807, 2.05) is 23.5 Å². The highest BCUT2D eigenvalue weighted by Crippen LogP contribution is 2.11. The fourth-order valence-electron chi connectivity index (χ4n) is 1.43. The van der Waals surface area contributed by atoms with Crippen molar-refractivity contribution in [3.63, 3.8) is 0 Å². The summed E-state index contributed by atoms with van der Waals surface area (Å²) in [6, 6.07) is 6.60. The minimum absolute atomic E-state index is 0.578. The van der Waals surface area contributed by atoms with E-state index < -0.39 is 22.0 Å². The second-order valence-corrected chi connectivity index (χ2v) is 5.26. The Labute approximate surface area is 106 Å². The molecular formula is C11H16N2O4S. The van der Waals surface area contributed by atoms with Gasteiger partial charge in [-0.05, 0) is 24.1 Å². The van der Waals surface area contributed by atoms with Gasteiger partial charge in [-0.15, -0.1) is 0 Å². The van der Waals surface area contributed by atoms with Gasteiger partial charge < -0.3 is 10.6 Å². The van der Waals surface area contributed by atoms with Crippen LogP contribution in [0.2, 0.25) is 0 Å². The summed E-state index contributed by atoms with van der Waals surface area (Å²) in [5.74, 6) is -0.812. The van der Waals surface area contributed by atoms with Crippen molar-refractivity contribution >= 4 is 21.8 Å². The molecule has 0 radical (unpaired) electrons. The molecule has 100 valence electrons. The van der Waals surface area contributed by atoms with Gasteiger partial charge in [0.25, 0.3) is 10.1 Å². The largest absolute Gasteiger partial charge is 0.321 e. The molecule has 6 nitrogen and oxygen atoms in total. The summed E-state index contributed by atoms with van der Waals surface area (Å²) in [4.78, 5) is 11.3. The maximum Gasteiger partial charge on any atom is 0.320 e. The third-order valence-electron chi connectivity index (χ3n) is 2.14. The third kappa shape index (κ3) is 5.65. The standard InChI is InChI=1S/C11H16N2O4S/c1-2-4-9-5-3-6-10(7-9)13-11(14)12-8-18(15,16)17/h3,5-7H,2,4,8H2,1H3,(H2,12,13,14)(H,15,16,17). The zero-order valence-corrected chi connectivity index (χ0v) is 10.8. The van der Waals surface area contributed by atoms with Gasteiger partial charge in [-0.25, -0.2) is 4.79 Å². The lowest BCUT2D eigenvalue weighted by atomic mass is 10.1. The van der Waals surface area contributed by atoms with Gasteiger partial charge in [-0.3, -0.25) is 4.55 Å². The van der Waals surface area contributed by atoms with Crippen LogP contribution in [0.25, 0.3) is 0 Å². The van der Waals surface area contributed by atoms with Gasteiger partial charge in [0.15, 0.2) is 0 Å². The van der Waals surface area contributed by atoms with E-state index in [0.29, 0.717) is 5.69 Å². The number of rotatable bonds is 5. The Morgan fingerprint density at radius 2 is 2.11 bits per heavy atom. The Kier molecular flexibility index (Phi) is 5.11. The number of anilines is 1. The molecule has 0 atom stereocenters. The van der Waals surface area contributed by atoms with Crippen molar-refractivity contribution in [1.29, 1.82) is 0 Å². The van der Waals surface area contributed by atoms with Gasteiger partial charge in [0.2, 0.25) is 0 Å². The summed E-state index contributed by atoms with van der Waals surface area (Å²) in [6.45, 7) is 2.05. The maximum absolute atomic E-state index is 11.3. The van der Waals surface area contributed by atoms with Crippen molar-refractivity contribution in [2.75, 3.05) is 11.2 Å². The average molecular weight is 272 g/mol. The van der Waals surface area contributed by atoms with Crippen LogP contribution in [-0.2, 0) is 16.5 Å². The van der Waals surface area contributed by atoms with Crippen LogP contribution in [0.5, 0.6) is 0 Å². The molecule has 0 saturated heterocycles. The molecule has 0 saturated carbocycles. The Morgan fingerprint density at radius 1 is 1.39 bits per heavy atom. The molecule has 2 amide bonds. The lowest BCUT2D eigenvalue weighted by molar-refractivity contribution is 0.253. The molecule has 0 aliphatic rings. The molecule has 18 heavy (non-hydrogen) atoms. The third-order valence-corrected chi connectivity index (χ3v) is 2.65. The molecule has 1 aromatic carbocycles. The summed E-state index contributed by atoms with van der Waals surface area (Å²) in [5, 5.41) is 4.52. The molecular weight excluding hydrogens is 256 g/mol. The van der Waals surface area contributed by atoms with E-state index in [9.17, 15) is 13.2 Å². The van der Waals surface area contributed by atoms with Crippen molar-refractivity contribution in [2.24, 2.45) is 0 Å². The molecule has 0 heterocycles. The fraction of sp³-hybridized carbons (Fsp3) is 0.364. The number of aryl methyl sites for hydroxylation is 1. The summed E-state index contributed by atoms with van der Waals surface area (Å²) in [5.41, 5.74) is 1.67. The molecule has 0 spiro atoms. The van der Waals surface area contributed by atoms with Gasteiger partial charge in [0, 0.05) is 5.69 Å². The van der Waals surface area contributed by atoms with E-state index in [1.165, 1.54) is 0 Å². The van der Waals surface area contributed by atoms with Crippen LogP contribution in [0, 0.1) is 0 Å². The maximum atomic E-state index is 11.3. The number of nitrogens with one attached hydrogen (secondary N) is 2. The van der Waals surface area contributed by atoms with Crippen LogP contribution < -0.4 is 10.6 Å². The number of urea groups is 1. The highest BCUT2D eigenvalue weighted by molar-refractivity contribution is 7.85. The molecule has 0 aromatic heterocycles. The fourth-order valence-corrected chi connectivity index (χ4v) is 1.74. The van der Waals surface area contributed by atoms with E-state index in [2.05, 4.69) is 12.2 Å². The molecule has 0 fully saturated rings. The number of carbonyl (C=O) groups is 1. The summed E-state index contributed by atoms with van der Waals surface area (Å²) in [6.07, 6.45) is 1.90. The van der Waals surface area contributed by atoms with Crippen LogP contribution in [0.1, 0.15) is 18.9 Å². The first-order chi connectivity index (χ1) is 8.40. The molecule has 7 heteroatoms. The van der Waals surface area contributed by atoms with E-state index >= 15 is 0 Å². The summed E-state index contributed by atoms with van der Waals surface area (Å²) >= 11 is 0. The number of hydrogen-bond acceptors (Lipinski definition) is 3. The average Bonchev–Trinajstić information content (AvgIpc) is 2.26. The van der Waals surface area contributed by atoms with E-state index in [4.69, 9.17) is 4.55 Å². The Bertz CT molecular complexity index is 514. The predicted molar refractivity (Wildman–Crippen MR) is 69.0 cm³/mol. The van der Waals surface area contributed by atoms with Crippen molar-refractivity contribution in [1.82, 2.24) is 5.32 Å². The van der Waals surface area contributed by atoms with E-state index in [1.54, 1.807) is 6.07 Å². The molecule has 0 aliphatic carbocycles. The number of hydrogen-bond donors (Lipinski definition) is 3. The van der Waals surface area contributed by atoms with Crippen molar-refractivity contribution < 1.29 is 17.8 Å². The smallest absolute Gasteiger partial charge is 0.320 e. The highest BCUT2D eigenvalue weighted by Gasteiger charge is 2.07. The van der Waals surface area contributed by atoms with Crippen molar-refractivity contribution in [3.8, 4) is 0 Å². The summed E-state index contributed by atoms with van der Waals surface area (Å²) < 4.78 is 29.4. The lowest BCUT2D eigenvalue weighted by Gasteiger charge is -2.07. The molecule has 1 rings (SSSR count). The Hall–Kier alpha value is -1.60. The first kappa shape index (κ1) is 14.5. The van der Waals surface area contributed by atoms with Gasteiger partial charge >= 0.3 is 6.03 Å². The second-order valence-electron chi connectivity index (χ2n) is 3.81. The minimum atomic E-state index is -4.20. The van der Waals surface area contributed by atoms with Gasteiger partial charge in [-0.2, -0.15) is 8.42 Å². The highest BCUT2D eigenvalue weighted by atomic mass is 32.2. The van der Waals surface area contributed by atoms with Crippen LogP contribution >= 0.6 is 0 Å². The molecule has 0 unspecified atom stereocenters. The topological polar surface area (TPSA) is 95.5 Å². The Morgan fingerprint density at radius 3 is 2.72 bits per heavy atom. The van der Waals surface area contributed by atoms with Crippen LogP contribution in [-0.4, -0.2) is 24.9 Å². The van der Waals surface area contributed by atoms with Crippen molar-refractivity contribution in [2.45, 2.75) is 19.8 Å². The van der Waals surface area contributed by atoms with Crippen LogP contribution in [0.4, 0.5) is 10.5 Å². The van der Waals surface area contributed by atoms with Gasteiger partial charge in [0.1, 0.15) is 5.88 Å². The van der Waals surface area contributed by atoms with E-state index in [-0.39, 0.29) is 0 Å². The molecule has 0 aliphatic heterocycles. The van der Waals surface area contributed by atoms with Gasteiger partial charge in [-0.1, -0.05) is 25.5 Å². The van der Waals surface area contributed by atoms with Crippen LogP contribution in [0.15, 0.2) is 24.3 Å². The molecule has 3 N–H and O–H groups in total. The zero-order valence-electron chi connectivity index (χ0n) is 10.0. The van der Waals surface area contributed by atoms with Crippen LogP contribution in [0.3, 0.4) is 0 Å².